The molecule has 0 bridgehead atoms. The van der Waals surface area contributed by atoms with Crippen LogP contribution in [0.4, 0.5) is 0 Å². The first kappa shape index (κ1) is 10.2. The van der Waals surface area contributed by atoms with Gasteiger partial charge in [-0.3, -0.25) is 0 Å². The standard InChI is InChI=1S/C6H12O2S2/c7-6(8)5(4-10)2-1-3-9/h5,9-10H,1-4H2,(H,7,8)/p-1. The minimum Gasteiger partial charge on any atom is -0.550 e. The first-order chi connectivity index (χ1) is 4.72. The largest absolute Gasteiger partial charge is 0.550 e. The molecular formula is C6H11O2S2-. The lowest BCUT2D eigenvalue weighted by Crippen LogP contribution is -2.32. The van der Waals surface area contributed by atoms with Crippen LogP contribution in [0.25, 0.3) is 0 Å². The van der Waals surface area contributed by atoms with E-state index in [1.54, 1.807) is 0 Å². The molecule has 0 fully saturated rings. The van der Waals surface area contributed by atoms with Crippen molar-refractivity contribution in [3.63, 3.8) is 0 Å². The minimum absolute atomic E-state index is 0.357. The molecule has 60 valence electrons. The SMILES string of the molecule is O=C([O-])C(CS)CCCS. The van der Waals surface area contributed by atoms with Gasteiger partial charge in [0.05, 0.1) is 0 Å². The van der Waals surface area contributed by atoms with Gasteiger partial charge < -0.3 is 9.90 Å². The van der Waals surface area contributed by atoms with Gasteiger partial charge in [0, 0.05) is 11.9 Å². The van der Waals surface area contributed by atoms with Crippen LogP contribution in [0.2, 0.25) is 0 Å². The van der Waals surface area contributed by atoms with Crippen molar-refractivity contribution in [1.82, 2.24) is 0 Å². The van der Waals surface area contributed by atoms with E-state index in [4.69, 9.17) is 0 Å². The molecule has 0 spiro atoms. The zero-order valence-electron chi connectivity index (χ0n) is 5.62. The first-order valence-electron chi connectivity index (χ1n) is 3.15. The van der Waals surface area contributed by atoms with Gasteiger partial charge >= 0.3 is 0 Å². The van der Waals surface area contributed by atoms with Gasteiger partial charge in [0.2, 0.25) is 0 Å². The molecule has 0 aliphatic carbocycles. The Morgan fingerprint density at radius 2 is 2.10 bits per heavy atom. The van der Waals surface area contributed by atoms with Crippen LogP contribution in [-0.4, -0.2) is 17.5 Å². The van der Waals surface area contributed by atoms with E-state index in [0.29, 0.717) is 12.2 Å². The van der Waals surface area contributed by atoms with Crippen molar-refractivity contribution >= 4 is 31.2 Å². The highest BCUT2D eigenvalue weighted by Crippen LogP contribution is 2.07. The third-order valence-electron chi connectivity index (χ3n) is 1.26. The molecule has 0 saturated carbocycles. The Morgan fingerprint density at radius 1 is 1.50 bits per heavy atom. The number of rotatable bonds is 5. The summed E-state index contributed by atoms with van der Waals surface area (Å²) in [5.41, 5.74) is 0. The highest BCUT2D eigenvalue weighted by molar-refractivity contribution is 7.80. The van der Waals surface area contributed by atoms with E-state index in [2.05, 4.69) is 25.3 Å². The second kappa shape index (κ2) is 5.92. The van der Waals surface area contributed by atoms with E-state index in [1.165, 1.54) is 0 Å². The average molecular weight is 179 g/mol. The molecule has 0 amide bonds. The van der Waals surface area contributed by atoms with E-state index >= 15 is 0 Å². The summed E-state index contributed by atoms with van der Waals surface area (Å²) in [6.07, 6.45) is 1.43. The smallest absolute Gasteiger partial charge is 0.0453 e. The molecule has 2 nitrogen and oxygen atoms in total. The fraction of sp³-hybridized carbons (Fsp3) is 0.833. The average Bonchev–Trinajstić information content (AvgIpc) is 1.89. The van der Waals surface area contributed by atoms with Crippen molar-refractivity contribution in [3.8, 4) is 0 Å². The number of hydrogen-bond acceptors (Lipinski definition) is 4. The molecule has 0 rings (SSSR count). The molecule has 0 aliphatic rings. The van der Waals surface area contributed by atoms with Crippen LogP contribution in [0.5, 0.6) is 0 Å². The van der Waals surface area contributed by atoms with Crippen molar-refractivity contribution in [2.75, 3.05) is 11.5 Å². The molecule has 0 aromatic rings. The third kappa shape index (κ3) is 4.06. The fourth-order valence-electron chi connectivity index (χ4n) is 0.621. The Balaban J connectivity index is 3.50. The third-order valence-corrected chi connectivity index (χ3v) is 2.02. The molecule has 1 unspecified atom stereocenters. The van der Waals surface area contributed by atoms with Gasteiger partial charge in [-0.25, -0.2) is 0 Å². The van der Waals surface area contributed by atoms with Gasteiger partial charge in [-0.2, -0.15) is 25.3 Å². The summed E-state index contributed by atoms with van der Waals surface area (Å²) in [7, 11) is 0. The van der Waals surface area contributed by atoms with Gasteiger partial charge in [0.15, 0.2) is 0 Å². The van der Waals surface area contributed by atoms with Crippen molar-refractivity contribution < 1.29 is 9.90 Å². The van der Waals surface area contributed by atoms with Crippen LogP contribution >= 0.6 is 25.3 Å². The molecule has 0 N–H and O–H groups in total. The zero-order chi connectivity index (χ0) is 7.98. The van der Waals surface area contributed by atoms with Crippen LogP contribution in [0.3, 0.4) is 0 Å². The summed E-state index contributed by atoms with van der Waals surface area (Å²) < 4.78 is 0. The van der Waals surface area contributed by atoms with E-state index in [1.807, 2.05) is 0 Å². The van der Waals surface area contributed by atoms with Crippen molar-refractivity contribution in [2.24, 2.45) is 5.92 Å². The normalized spacial score (nSPS) is 13.0. The summed E-state index contributed by atoms with van der Waals surface area (Å²) in [5.74, 6) is -0.333. The highest BCUT2D eigenvalue weighted by Gasteiger charge is 2.05. The molecule has 0 aromatic heterocycles. The van der Waals surface area contributed by atoms with Crippen LogP contribution in [0.15, 0.2) is 0 Å². The Hall–Kier alpha value is 0.170. The fourth-order valence-corrected chi connectivity index (χ4v) is 1.14. The molecule has 4 heteroatoms. The first-order valence-corrected chi connectivity index (χ1v) is 4.41. The number of carboxylic acid groups (broad SMARTS) is 1. The number of carboxylic acids is 1. The lowest BCUT2D eigenvalue weighted by atomic mass is 10.1. The topological polar surface area (TPSA) is 40.1 Å². The monoisotopic (exact) mass is 179 g/mol. The Labute approximate surface area is 71.8 Å². The van der Waals surface area contributed by atoms with E-state index in [9.17, 15) is 9.90 Å². The van der Waals surface area contributed by atoms with Gasteiger partial charge in [-0.05, 0) is 24.3 Å². The van der Waals surface area contributed by atoms with Crippen LogP contribution in [0.1, 0.15) is 12.8 Å². The maximum Gasteiger partial charge on any atom is 0.0453 e. The maximum atomic E-state index is 10.3. The Morgan fingerprint density at radius 3 is 2.40 bits per heavy atom. The van der Waals surface area contributed by atoms with E-state index in [-0.39, 0.29) is 0 Å². The zero-order valence-corrected chi connectivity index (χ0v) is 7.41. The Kier molecular flexibility index (Phi) is 6.02. The summed E-state index contributed by atoms with van der Waals surface area (Å²) in [6.45, 7) is 0. The number of thiol groups is 2. The van der Waals surface area contributed by atoms with Crippen LogP contribution in [0, 0.1) is 5.92 Å². The Bertz CT molecular complexity index is 106. The molecule has 10 heavy (non-hydrogen) atoms. The predicted octanol–water partition coefficient (Wildman–Crippen LogP) is -0.00770. The number of carbonyl (C=O) groups excluding carboxylic acids is 1. The molecule has 0 heterocycles. The highest BCUT2D eigenvalue weighted by atomic mass is 32.1. The second-order valence-electron chi connectivity index (χ2n) is 2.06. The summed E-state index contributed by atoms with van der Waals surface area (Å²) in [6, 6.07) is 0. The maximum absolute atomic E-state index is 10.3. The molecule has 0 aromatic carbocycles. The van der Waals surface area contributed by atoms with Gasteiger partial charge in [0.25, 0.3) is 0 Å². The van der Waals surface area contributed by atoms with Gasteiger partial charge in [-0.15, -0.1) is 0 Å². The number of carbonyl (C=O) groups is 1. The molecular weight excluding hydrogens is 168 g/mol. The van der Waals surface area contributed by atoms with Crippen molar-refractivity contribution in [3.05, 3.63) is 0 Å². The molecule has 0 aliphatic heterocycles. The summed E-state index contributed by atoms with van der Waals surface area (Å²) in [5, 5.41) is 10.3. The van der Waals surface area contributed by atoms with Crippen molar-refractivity contribution in [2.45, 2.75) is 12.8 Å². The second-order valence-corrected chi connectivity index (χ2v) is 2.88. The van der Waals surface area contributed by atoms with Gasteiger partial charge in [-0.1, -0.05) is 0 Å². The minimum atomic E-state index is -1.00. The molecule has 0 saturated heterocycles. The molecule has 0 radical (unpaired) electrons. The van der Waals surface area contributed by atoms with Crippen LogP contribution < -0.4 is 5.11 Å². The quantitative estimate of drug-likeness (QED) is 0.583. The number of aliphatic carboxylic acids is 1. The predicted molar refractivity (Wildman–Crippen MR) is 45.4 cm³/mol. The van der Waals surface area contributed by atoms with Crippen molar-refractivity contribution in [1.29, 1.82) is 0 Å². The summed E-state index contributed by atoms with van der Waals surface area (Å²) in [4.78, 5) is 10.3. The van der Waals surface area contributed by atoms with Gasteiger partial charge in [0.1, 0.15) is 0 Å². The number of hydrogen-bond donors (Lipinski definition) is 2. The lowest BCUT2D eigenvalue weighted by Gasteiger charge is -2.13. The van der Waals surface area contributed by atoms with E-state index < -0.39 is 11.9 Å². The molecule has 1 atom stereocenters. The van der Waals surface area contributed by atoms with Crippen LogP contribution in [-0.2, 0) is 4.79 Å². The van der Waals surface area contributed by atoms with E-state index in [0.717, 1.165) is 12.2 Å². The lowest BCUT2D eigenvalue weighted by molar-refractivity contribution is -0.310. The summed E-state index contributed by atoms with van der Waals surface area (Å²) >= 11 is 7.85.